The fourth-order valence-electron chi connectivity index (χ4n) is 2.83. The van der Waals surface area contributed by atoms with E-state index in [9.17, 15) is 4.39 Å². The zero-order valence-corrected chi connectivity index (χ0v) is 12.2. The van der Waals surface area contributed by atoms with Crippen LogP contribution in [0, 0.1) is 5.82 Å². The van der Waals surface area contributed by atoms with E-state index in [2.05, 4.69) is 22.0 Å². The predicted octanol–water partition coefficient (Wildman–Crippen LogP) is 2.09. The summed E-state index contributed by atoms with van der Waals surface area (Å²) in [5.41, 5.74) is 1.13. The minimum atomic E-state index is -0.160. The van der Waals surface area contributed by atoms with Crippen molar-refractivity contribution in [2.24, 2.45) is 0 Å². The molecule has 1 saturated carbocycles. The minimum absolute atomic E-state index is 0.160. The highest BCUT2D eigenvalue weighted by atomic mass is 19.1. The van der Waals surface area contributed by atoms with E-state index in [1.807, 2.05) is 12.1 Å². The molecule has 1 saturated heterocycles. The Morgan fingerprint density at radius 1 is 1.15 bits per heavy atom. The number of hydrogen-bond donors (Lipinski definition) is 1. The molecule has 2 aliphatic rings. The number of hydrogen-bond acceptors (Lipinski definition) is 3. The number of anilines is 1. The standard InChI is InChI=1S/C16H24FN3/c1-13(12-18-15-4-5-15)19-8-10-20(11-9-19)16-6-2-14(17)3-7-16/h2-3,6-7,13,15,18H,4-5,8-12H2,1H3. The largest absolute Gasteiger partial charge is 0.369 e. The van der Waals surface area contributed by atoms with Crippen molar-refractivity contribution in [1.82, 2.24) is 10.2 Å². The second-order valence-electron chi connectivity index (χ2n) is 6.03. The van der Waals surface area contributed by atoms with E-state index in [-0.39, 0.29) is 5.82 Å². The monoisotopic (exact) mass is 277 g/mol. The highest BCUT2D eigenvalue weighted by molar-refractivity contribution is 5.46. The quantitative estimate of drug-likeness (QED) is 0.889. The van der Waals surface area contributed by atoms with E-state index >= 15 is 0 Å². The lowest BCUT2D eigenvalue weighted by Gasteiger charge is -2.39. The number of rotatable bonds is 5. The smallest absolute Gasteiger partial charge is 0.123 e. The summed E-state index contributed by atoms with van der Waals surface area (Å²) < 4.78 is 12.9. The summed E-state index contributed by atoms with van der Waals surface area (Å²) in [4.78, 5) is 4.90. The molecule has 3 rings (SSSR count). The average Bonchev–Trinajstić information content (AvgIpc) is 3.30. The van der Waals surface area contributed by atoms with E-state index in [0.29, 0.717) is 6.04 Å². The fraction of sp³-hybridized carbons (Fsp3) is 0.625. The summed E-state index contributed by atoms with van der Waals surface area (Å²) in [6.45, 7) is 7.64. The van der Waals surface area contributed by atoms with E-state index < -0.39 is 0 Å². The third-order valence-electron chi connectivity index (χ3n) is 4.41. The Morgan fingerprint density at radius 2 is 1.80 bits per heavy atom. The van der Waals surface area contributed by atoms with Crippen LogP contribution in [0.1, 0.15) is 19.8 Å². The Labute approximate surface area is 120 Å². The van der Waals surface area contributed by atoms with Crippen LogP contribution < -0.4 is 10.2 Å². The van der Waals surface area contributed by atoms with Gasteiger partial charge in [0.1, 0.15) is 5.82 Å². The predicted molar refractivity (Wildman–Crippen MR) is 80.7 cm³/mol. The summed E-state index contributed by atoms with van der Waals surface area (Å²) >= 11 is 0. The van der Waals surface area contributed by atoms with Gasteiger partial charge in [0.2, 0.25) is 0 Å². The van der Waals surface area contributed by atoms with Crippen LogP contribution in [0.5, 0.6) is 0 Å². The number of halogens is 1. The molecule has 1 heterocycles. The van der Waals surface area contributed by atoms with Gasteiger partial charge in [0.25, 0.3) is 0 Å². The molecule has 1 N–H and O–H groups in total. The van der Waals surface area contributed by atoms with Crippen LogP contribution in [0.3, 0.4) is 0 Å². The zero-order valence-electron chi connectivity index (χ0n) is 12.2. The average molecular weight is 277 g/mol. The molecule has 1 aromatic carbocycles. The number of piperazine rings is 1. The van der Waals surface area contributed by atoms with Crippen molar-refractivity contribution in [1.29, 1.82) is 0 Å². The molecule has 1 aliphatic carbocycles. The lowest BCUT2D eigenvalue weighted by atomic mass is 10.2. The van der Waals surface area contributed by atoms with Gasteiger partial charge in [-0.3, -0.25) is 4.90 Å². The molecule has 0 spiro atoms. The van der Waals surface area contributed by atoms with Gasteiger partial charge in [-0.05, 0) is 44.0 Å². The first-order valence-electron chi connectivity index (χ1n) is 7.70. The van der Waals surface area contributed by atoms with E-state index in [1.165, 1.54) is 12.8 Å². The van der Waals surface area contributed by atoms with Crippen molar-refractivity contribution < 1.29 is 4.39 Å². The molecule has 0 amide bonds. The van der Waals surface area contributed by atoms with Crippen molar-refractivity contribution in [2.75, 3.05) is 37.6 Å². The Balaban J connectivity index is 1.47. The molecule has 0 aromatic heterocycles. The molecule has 3 nitrogen and oxygen atoms in total. The molecule has 0 radical (unpaired) electrons. The van der Waals surface area contributed by atoms with Crippen LogP contribution in [-0.2, 0) is 0 Å². The molecule has 20 heavy (non-hydrogen) atoms. The van der Waals surface area contributed by atoms with Gasteiger partial charge in [-0.25, -0.2) is 4.39 Å². The van der Waals surface area contributed by atoms with Crippen LogP contribution in [-0.4, -0.2) is 49.7 Å². The lowest BCUT2D eigenvalue weighted by Crippen LogP contribution is -2.52. The highest BCUT2D eigenvalue weighted by Gasteiger charge is 2.24. The van der Waals surface area contributed by atoms with Crippen LogP contribution in [0.25, 0.3) is 0 Å². The Bertz CT molecular complexity index is 422. The summed E-state index contributed by atoms with van der Waals surface area (Å²) in [7, 11) is 0. The Morgan fingerprint density at radius 3 is 2.40 bits per heavy atom. The molecular weight excluding hydrogens is 253 g/mol. The van der Waals surface area contributed by atoms with Crippen molar-refractivity contribution in [3.63, 3.8) is 0 Å². The summed E-state index contributed by atoms with van der Waals surface area (Å²) in [6.07, 6.45) is 2.70. The summed E-state index contributed by atoms with van der Waals surface area (Å²) in [5, 5.41) is 3.61. The maximum absolute atomic E-state index is 12.9. The maximum atomic E-state index is 12.9. The van der Waals surface area contributed by atoms with E-state index in [4.69, 9.17) is 0 Å². The van der Waals surface area contributed by atoms with Gasteiger partial charge in [-0.1, -0.05) is 0 Å². The normalized spacial score (nSPS) is 22.0. The SMILES string of the molecule is CC(CNC1CC1)N1CCN(c2ccc(F)cc2)CC1. The molecule has 1 atom stereocenters. The molecule has 1 aliphatic heterocycles. The highest BCUT2D eigenvalue weighted by Crippen LogP contribution is 2.20. The zero-order chi connectivity index (χ0) is 13.9. The molecule has 0 bridgehead atoms. The molecule has 1 aromatic rings. The maximum Gasteiger partial charge on any atom is 0.123 e. The topological polar surface area (TPSA) is 18.5 Å². The first-order chi connectivity index (χ1) is 9.72. The molecule has 4 heteroatoms. The van der Waals surface area contributed by atoms with Gasteiger partial charge >= 0.3 is 0 Å². The second kappa shape index (κ2) is 6.10. The van der Waals surface area contributed by atoms with Gasteiger partial charge in [-0.2, -0.15) is 0 Å². The molecule has 2 fully saturated rings. The van der Waals surface area contributed by atoms with Gasteiger partial charge < -0.3 is 10.2 Å². The van der Waals surface area contributed by atoms with Crippen molar-refractivity contribution in [3.05, 3.63) is 30.1 Å². The lowest BCUT2D eigenvalue weighted by molar-refractivity contribution is 0.193. The van der Waals surface area contributed by atoms with Crippen molar-refractivity contribution in [3.8, 4) is 0 Å². The van der Waals surface area contributed by atoms with Crippen molar-refractivity contribution in [2.45, 2.75) is 31.8 Å². The number of nitrogens with zero attached hydrogens (tertiary/aromatic N) is 2. The first-order valence-corrected chi connectivity index (χ1v) is 7.70. The van der Waals surface area contributed by atoms with Crippen LogP contribution in [0.2, 0.25) is 0 Å². The molecular formula is C16H24FN3. The van der Waals surface area contributed by atoms with Crippen LogP contribution in [0.15, 0.2) is 24.3 Å². The summed E-state index contributed by atoms with van der Waals surface area (Å²) in [6, 6.07) is 8.24. The van der Waals surface area contributed by atoms with E-state index in [1.54, 1.807) is 12.1 Å². The number of benzene rings is 1. The van der Waals surface area contributed by atoms with Gasteiger partial charge in [0.15, 0.2) is 0 Å². The third kappa shape index (κ3) is 3.49. The van der Waals surface area contributed by atoms with Crippen molar-refractivity contribution >= 4 is 5.69 Å². The van der Waals surface area contributed by atoms with Gasteiger partial charge in [-0.15, -0.1) is 0 Å². The molecule has 1 unspecified atom stereocenters. The van der Waals surface area contributed by atoms with Gasteiger partial charge in [0.05, 0.1) is 0 Å². The summed E-state index contributed by atoms with van der Waals surface area (Å²) in [5.74, 6) is -0.160. The second-order valence-corrected chi connectivity index (χ2v) is 6.03. The Kier molecular flexibility index (Phi) is 4.22. The van der Waals surface area contributed by atoms with Crippen LogP contribution in [0.4, 0.5) is 10.1 Å². The first kappa shape index (κ1) is 13.8. The molecule has 110 valence electrons. The fourth-order valence-corrected chi connectivity index (χ4v) is 2.83. The minimum Gasteiger partial charge on any atom is -0.369 e. The Hall–Kier alpha value is -1.13. The number of nitrogens with one attached hydrogen (secondary N) is 1. The third-order valence-corrected chi connectivity index (χ3v) is 4.41. The van der Waals surface area contributed by atoms with Gasteiger partial charge in [0, 0.05) is 50.5 Å². The van der Waals surface area contributed by atoms with Crippen LogP contribution >= 0.6 is 0 Å². The van der Waals surface area contributed by atoms with E-state index in [0.717, 1.165) is 44.5 Å².